The van der Waals surface area contributed by atoms with Crippen LogP contribution in [0.2, 0.25) is 0 Å². The van der Waals surface area contributed by atoms with Gasteiger partial charge in [0.2, 0.25) is 0 Å². The molecule has 0 bridgehead atoms. The zero-order valence-electron chi connectivity index (χ0n) is 25.2. The minimum atomic E-state index is 1.16. The highest BCUT2D eigenvalue weighted by molar-refractivity contribution is 6.21. The van der Waals surface area contributed by atoms with Crippen molar-refractivity contribution in [3.63, 3.8) is 0 Å². The topological polar surface area (TPSA) is 12.9 Å². The number of benzene rings is 8. The van der Waals surface area contributed by atoms with Crippen molar-refractivity contribution in [1.29, 1.82) is 0 Å². The molecule has 0 saturated carbocycles. The minimum absolute atomic E-state index is 1.16. The molecule has 46 heavy (non-hydrogen) atoms. The summed E-state index contributed by atoms with van der Waals surface area (Å²) in [6, 6.07) is 59.5. The molecule has 0 aliphatic carbocycles. The molecule has 1 heteroatoms. The highest BCUT2D eigenvalue weighted by atomic mass is 14.6. The van der Waals surface area contributed by atoms with Gasteiger partial charge in [0, 0.05) is 17.8 Å². The van der Waals surface area contributed by atoms with Crippen LogP contribution in [0.1, 0.15) is 0 Å². The average molecular weight is 584 g/mol. The standard InChI is InChI=1S/C45H29N/c1-3-9-36-27-38(23-17-30(36)7-1)32-13-19-34(20-14-32)44-40-11-5-6-12-41(40)45(43-29-46-26-25-42(43)44)35-21-15-33(16-22-35)39-24-18-31-8-2-4-10-37(31)28-39/h1-29H. The second kappa shape index (κ2) is 10.8. The molecule has 1 nitrogen and oxygen atoms in total. The van der Waals surface area contributed by atoms with Crippen molar-refractivity contribution in [2.45, 2.75) is 0 Å². The first-order valence-corrected chi connectivity index (χ1v) is 15.8. The predicted molar refractivity (Wildman–Crippen MR) is 196 cm³/mol. The van der Waals surface area contributed by atoms with Crippen molar-refractivity contribution >= 4 is 43.1 Å². The van der Waals surface area contributed by atoms with Crippen molar-refractivity contribution in [3.8, 4) is 44.5 Å². The van der Waals surface area contributed by atoms with E-state index in [1.165, 1.54) is 82.2 Å². The number of pyridine rings is 1. The van der Waals surface area contributed by atoms with Gasteiger partial charge < -0.3 is 0 Å². The number of hydrogen-bond acceptors (Lipinski definition) is 1. The van der Waals surface area contributed by atoms with Gasteiger partial charge in [-0.1, -0.05) is 146 Å². The second-order valence-corrected chi connectivity index (χ2v) is 12.0. The first kappa shape index (κ1) is 26.4. The van der Waals surface area contributed by atoms with E-state index in [-0.39, 0.29) is 0 Å². The SMILES string of the molecule is c1ccc2cc(-c3ccc(-c4c5ccccc5c(-c5ccc(-c6ccc7ccccc7c6)cc5)c5cnccc45)cc3)ccc2c1. The van der Waals surface area contributed by atoms with Gasteiger partial charge >= 0.3 is 0 Å². The van der Waals surface area contributed by atoms with Gasteiger partial charge in [-0.15, -0.1) is 0 Å². The molecule has 0 radical (unpaired) electrons. The Labute approximate surface area is 268 Å². The Kier molecular flexibility index (Phi) is 6.21. The van der Waals surface area contributed by atoms with E-state index in [2.05, 4.69) is 169 Å². The molecular weight excluding hydrogens is 555 g/mol. The third kappa shape index (κ3) is 4.45. The van der Waals surface area contributed by atoms with Gasteiger partial charge in [0.15, 0.2) is 0 Å². The second-order valence-electron chi connectivity index (χ2n) is 12.0. The summed E-state index contributed by atoms with van der Waals surface area (Å²) in [6.07, 6.45) is 3.94. The lowest BCUT2D eigenvalue weighted by Crippen LogP contribution is -1.92. The van der Waals surface area contributed by atoms with Gasteiger partial charge in [0.1, 0.15) is 0 Å². The third-order valence-electron chi connectivity index (χ3n) is 9.34. The predicted octanol–water partition coefficient (Wildman–Crippen LogP) is 12.4. The summed E-state index contributed by atoms with van der Waals surface area (Å²) in [5.41, 5.74) is 9.75. The molecule has 0 amide bonds. The van der Waals surface area contributed by atoms with Crippen molar-refractivity contribution in [2.75, 3.05) is 0 Å². The molecule has 0 fully saturated rings. The fourth-order valence-corrected chi connectivity index (χ4v) is 7.04. The molecule has 9 rings (SSSR count). The van der Waals surface area contributed by atoms with E-state index in [0.29, 0.717) is 0 Å². The summed E-state index contributed by atoms with van der Waals surface area (Å²) >= 11 is 0. The Morgan fingerprint density at radius 1 is 0.283 bits per heavy atom. The molecule has 0 unspecified atom stereocenters. The first-order chi connectivity index (χ1) is 22.8. The summed E-state index contributed by atoms with van der Waals surface area (Å²) in [5.74, 6) is 0. The van der Waals surface area contributed by atoms with Crippen molar-refractivity contribution < 1.29 is 0 Å². The van der Waals surface area contributed by atoms with Gasteiger partial charge in [-0.3, -0.25) is 4.98 Å². The van der Waals surface area contributed by atoms with E-state index in [9.17, 15) is 0 Å². The Morgan fingerprint density at radius 3 is 1.20 bits per heavy atom. The number of hydrogen-bond donors (Lipinski definition) is 0. The normalized spacial score (nSPS) is 11.5. The smallest absolute Gasteiger partial charge is 0.0353 e. The lowest BCUT2D eigenvalue weighted by atomic mass is 9.86. The van der Waals surface area contributed by atoms with Crippen LogP contribution < -0.4 is 0 Å². The monoisotopic (exact) mass is 583 g/mol. The van der Waals surface area contributed by atoms with E-state index in [4.69, 9.17) is 0 Å². The maximum Gasteiger partial charge on any atom is 0.0353 e. The average Bonchev–Trinajstić information content (AvgIpc) is 3.13. The quantitative estimate of drug-likeness (QED) is 0.188. The van der Waals surface area contributed by atoms with Crippen LogP contribution >= 0.6 is 0 Å². The molecule has 0 saturated heterocycles. The Hall–Kier alpha value is -6.05. The fraction of sp³-hybridized carbons (Fsp3) is 0. The van der Waals surface area contributed by atoms with Crippen LogP contribution in [0.4, 0.5) is 0 Å². The van der Waals surface area contributed by atoms with E-state index in [1.54, 1.807) is 0 Å². The highest BCUT2D eigenvalue weighted by Gasteiger charge is 2.17. The third-order valence-corrected chi connectivity index (χ3v) is 9.34. The van der Waals surface area contributed by atoms with Crippen LogP contribution in [0.5, 0.6) is 0 Å². The lowest BCUT2D eigenvalue weighted by molar-refractivity contribution is 1.37. The van der Waals surface area contributed by atoms with E-state index in [1.807, 2.05) is 12.4 Å². The minimum Gasteiger partial charge on any atom is -0.264 e. The summed E-state index contributed by atoms with van der Waals surface area (Å²) in [5, 5.41) is 9.88. The van der Waals surface area contributed by atoms with Gasteiger partial charge in [-0.05, 0) is 100 Å². The highest BCUT2D eigenvalue weighted by Crippen LogP contribution is 2.44. The van der Waals surface area contributed by atoms with Crippen molar-refractivity contribution in [3.05, 3.63) is 176 Å². The summed E-state index contributed by atoms with van der Waals surface area (Å²) < 4.78 is 0. The first-order valence-electron chi connectivity index (χ1n) is 15.8. The van der Waals surface area contributed by atoms with Crippen LogP contribution in [0.3, 0.4) is 0 Å². The van der Waals surface area contributed by atoms with Gasteiger partial charge in [-0.2, -0.15) is 0 Å². The van der Waals surface area contributed by atoms with Gasteiger partial charge in [-0.25, -0.2) is 0 Å². The van der Waals surface area contributed by atoms with Gasteiger partial charge in [0.25, 0.3) is 0 Å². The molecule has 0 spiro atoms. The van der Waals surface area contributed by atoms with Crippen LogP contribution in [0.15, 0.2) is 176 Å². The van der Waals surface area contributed by atoms with E-state index < -0.39 is 0 Å². The molecule has 214 valence electrons. The molecule has 0 aliphatic rings. The fourth-order valence-electron chi connectivity index (χ4n) is 7.04. The Morgan fingerprint density at radius 2 is 0.674 bits per heavy atom. The maximum absolute atomic E-state index is 4.61. The van der Waals surface area contributed by atoms with Crippen LogP contribution in [0, 0.1) is 0 Å². The molecule has 1 aromatic heterocycles. The van der Waals surface area contributed by atoms with Crippen molar-refractivity contribution in [1.82, 2.24) is 4.98 Å². The molecular formula is C45H29N. The van der Waals surface area contributed by atoms with Crippen LogP contribution in [-0.2, 0) is 0 Å². The molecule has 0 aliphatic heterocycles. The Bertz CT molecular complexity index is 2320. The summed E-state index contributed by atoms with van der Waals surface area (Å²) in [4.78, 5) is 4.61. The number of aromatic nitrogens is 1. The summed E-state index contributed by atoms with van der Waals surface area (Å²) in [7, 11) is 0. The van der Waals surface area contributed by atoms with E-state index in [0.717, 1.165) is 5.39 Å². The lowest BCUT2D eigenvalue weighted by Gasteiger charge is -2.18. The zero-order valence-corrected chi connectivity index (χ0v) is 25.2. The number of rotatable bonds is 4. The molecule has 1 heterocycles. The summed E-state index contributed by atoms with van der Waals surface area (Å²) in [6.45, 7) is 0. The maximum atomic E-state index is 4.61. The zero-order chi connectivity index (χ0) is 30.5. The molecule has 0 atom stereocenters. The Balaban J connectivity index is 1.16. The molecule has 8 aromatic carbocycles. The number of nitrogens with zero attached hydrogens (tertiary/aromatic N) is 1. The van der Waals surface area contributed by atoms with Crippen LogP contribution in [-0.4, -0.2) is 4.98 Å². The van der Waals surface area contributed by atoms with E-state index >= 15 is 0 Å². The molecule has 0 N–H and O–H groups in total. The number of fused-ring (bicyclic) bond motifs is 4. The molecule has 9 aromatic rings. The van der Waals surface area contributed by atoms with Crippen molar-refractivity contribution in [2.24, 2.45) is 0 Å². The largest absolute Gasteiger partial charge is 0.264 e. The van der Waals surface area contributed by atoms with Gasteiger partial charge in [0.05, 0.1) is 0 Å². The van der Waals surface area contributed by atoms with Crippen LogP contribution in [0.25, 0.3) is 87.6 Å².